The van der Waals surface area contributed by atoms with Gasteiger partial charge in [0.15, 0.2) is 11.5 Å². The number of nitrogens with zero attached hydrogens (tertiary/aromatic N) is 2. The number of carbonyl (C=O) groups excluding carboxylic acids is 2. The number of aliphatic hydroxyl groups is 1. The first kappa shape index (κ1) is 20.3. The van der Waals surface area contributed by atoms with E-state index in [0.717, 1.165) is 0 Å². The molecular formula is C20H20N2O7. The van der Waals surface area contributed by atoms with Crippen LogP contribution in [0.25, 0.3) is 0 Å². The summed E-state index contributed by atoms with van der Waals surface area (Å²) >= 11 is 0. The van der Waals surface area contributed by atoms with E-state index in [1.54, 1.807) is 13.0 Å². The number of carbonyl (C=O) groups is 2. The minimum absolute atomic E-state index is 0.00232. The molecule has 1 amide bonds. The SMILES string of the molecule is COCCCN1C(=O)C(O)=C(C(=O)c2ccc(C)o2)[C@H]1c1ccc([N+](=O)[O-])cc1. The van der Waals surface area contributed by atoms with E-state index in [-0.39, 0.29) is 23.6 Å². The Morgan fingerprint density at radius 1 is 1.28 bits per heavy atom. The highest BCUT2D eigenvalue weighted by molar-refractivity contribution is 6.15. The van der Waals surface area contributed by atoms with Gasteiger partial charge in [0.25, 0.3) is 11.6 Å². The van der Waals surface area contributed by atoms with Gasteiger partial charge in [0.05, 0.1) is 16.5 Å². The van der Waals surface area contributed by atoms with E-state index in [1.165, 1.54) is 42.3 Å². The molecule has 0 saturated heterocycles. The molecule has 1 aromatic carbocycles. The number of nitro benzene ring substituents is 1. The maximum Gasteiger partial charge on any atom is 0.290 e. The molecule has 0 spiro atoms. The van der Waals surface area contributed by atoms with Crippen molar-refractivity contribution in [1.29, 1.82) is 0 Å². The first-order valence-corrected chi connectivity index (χ1v) is 8.93. The second-order valence-electron chi connectivity index (χ2n) is 6.60. The molecule has 1 aromatic heterocycles. The fourth-order valence-corrected chi connectivity index (χ4v) is 3.31. The van der Waals surface area contributed by atoms with Gasteiger partial charge in [-0.25, -0.2) is 0 Å². The van der Waals surface area contributed by atoms with E-state index in [9.17, 15) is 24.8 Å². The average molecular weight is 400 g/mol. The summed E-state index contributed by atoms with van der Waals surface area (Å²) in [6.07, 6.45) is 0.486. The van der Waals surface area contributed by atoms with Crippen LogP contribution in [0.2, 0.25) is 0 Å². The van der Waals surface area contributed by atoms with Crippen LogP contribution in [0.5, 0.6) is 0 Å². The predicted octanol–water partition coefficient (Wildman–Crippen LogP) is 3.11. The zero-order valence-corrected chi connectivity index (χ0v) is 16.0. The number of rotatable bonds is 8. The van der Waals surface area contributed by atoms with Crippen LogP contribution in [0.1, 0.15) is 34.3 Å². The Hall–Kier alpha value is -3.46. The van der Waals surface area contributed by atoms with Crippen molar-refractivity contribution in [1.82, 2.24) is 4.90 Å². The monoisotopic (exact) mass is 400 g/mol. The first-order valence-electron chi connectivity index (χ1n) is 8.93. The number of aryl methyl sites for hydroxylation is 1. The number of non-ortho nitro benzene ring substituents is 1. The van der Waals surface area contributed by atoms with Crippen molar-refractivity contribution in [3.63, 3.8) is 0 Å². The minimum Gasteiger partial charge on any atom is -0.503 e. The molecule has 0 radical (unpaired) electrons. The molecule has 2 aromatic rings. The molecule has 1 aliphatic rings. The molecule has 2 heterocycles. The van der Waals surface area contributed by atoms with Gasteiger partial charge in [-0.05, 0) is 43.2 Å². The molecule has 0 unspecified atom stereocenters. The van der Waals surface area contributed by atoms with Crippen LogP contribution >= 0.6 is 0 Å². The summed E-state index contributed by atoms with van der Waals surface area (Å²) in [5, 5.41) is 21.4. The Bertz CT molecular complexity index is 975. The topological polar surface area (TPSA) is 123 Å². The molecule has 1 aliphatic heterocycles. The van der Waals surface area contributed by atoms with Crippen LogP contribution in [0, 0.1) is 17.0 Å². The number of methoxy groups -OCH3 is 1. The van der Waals surface area contributed by atoms with Gasteiger partial charge >= 0.3 is 0 Å². The quantitative estimate of drug-likeness (QED) is 0.312. The summed E-state index contributed by atoms with van der Waals surface area (Å²) in [7, 11) is 1.53. The number of furan rings is 1. The van der Waals surface area contributed by atoms with Crippen LogP contribution in [0.3, 0.4) is 0 Å². The minimum atomic E-state index is -0.891. The van der Waals surface area contributed by atoms with E-state index < -0.39 is 28.4 Å². The van der Waals surface area contributed by atoms with Crippen LogP contribution in [-0.4, -0.2) is 46.9 Å². The Labute approximate surface area is 166 Å². The largest absolute Gasteiger partial charge is 0.503 e. The molecule has 29 heavy (non-hydrogen) atoms. The fourth-order valence-electron chi connectivity index (χ4n) is 3.31. The van der Waals surface area contributed by atoms with E-state index >= 15 is 0 Å². The van der Waals surface area contributed by atoms with Gasteiger partial charge in [-0.2, -0.15) is 0 Å². The molecule has 0 aliphatic carbocycles. The van der Waals surface area contributed by atoms with Gasteiger partial charge < -0.3 is 19.2 Å². The highest BCUT2D eigenvalue weighted by atomic mass is 16.6. The summed E-state index contributed by atoms with van der Waals surface area (Å²) in [5.74, 6) is -1.42. The maximum atomic E-state index is 13.0. The first-order chi connectivity index (χ1) is 13.8. The predicted molar refractivity (Wildman–Crippen MR) is 101 cm³/mol. The van der Waals surface area contributed by atoms with Gasteiger partial charge in [-0.3, -0.25) is 19.7 Å². The normalized spacial score (nSPS) is 16.6. The molecular weight excluding hydrogens is 380 g/mol. The molecule has 9 heteroatoms. The average Bonchev–Trinajstić information content (AvgIpc) is 3.24. The van der Waals surface area contributed by atoms with Crippen LogP contribution in [-0.2, 0) is 9.53 Å². The number of benzene rings is 1. The fraction of sp³-hybridized carbons (Fsp3) is 0.300. The third kappa shape index (κ3) is 3.90. The van der Waals surface area contributed by atoms with E-state index in [2.05, 4.69) is 0 Å². The van der Waals surface area contributed by atoms with E-state index in [1.807, 2.05) is 0 Å². The molecule has 9 nitrogen and oxygen atoms in total. The molecule has 1 atom stereocenters. The zero-order valence-electron chi connectivity index (χ0n) is 16.0. The highest BCUT2D eigenvalue weighted by Crippen LogP contribution is 2.39. The lowest BCUT2D eigenvalue weighted by Gasteiger charge is -2.26. The summed E-state index contributed by atoms with van der Waals surface area (Å²) in [6.45, 7) is 2.29. The van der Waals surface area contributed by atoms with Gasteiger partial charge in [0.1, 0.15) is 5.76 Å². The number of nitro groups is 1. The van der Waals surface area contributed by atoms with Gasteiger partial charge in [0, 0.05) is 32.4 Å². The Kier molecular flexibility index (Phi) is 5.79. The van der Waals surface area contributed by atoms with Crippen LogP contribution in [0.4, 0.5) is 5.69 Å². The number of Topliss-reactive ketones (excluding diaryl/α,β-unsaturated/α-hetero) is 1. The third-order valence-electron chi connectivity index (χ3n) is 4.68. The molecule has 0 saturated carbocycles. The van der Waals surface area contributed by atoms with Gasteiger partial charge in [-0.15, -0.1) is 0 Å². The van der Waals surface area contributed by atoms with Crippen molar-refractivity contribution < 1.29 is 28.8 Å². The Morgan fingerprint density at radius 3 is 2.52 bits per heavy atom. The Morgan fingerprint density at radius 2 is 1.97 bits per heavy atom. The summed E-state index contributed by atoms with van der Waals surface area (Å²) in [4.78, 5) is 37.5. The number of ether oxygens (including phenoxy) is 1. The van der Waals surface area contributed by atoms with E-state index in [0.29, 0.717) is 24.4 Å². The lowest BCUT2D eigenvalue weighted by Crippen LogP contribution is -2.32. The van der Waals surface area contributed by atoms with Crippen molar-refractivity contribution in [2.45, 2.75) is 19.4 Å². The van der Waals surface area contributed by atoms with Crippen molar-refractivity contribution in [2.24, 2.45) is 0 Å². The Balaban J connectivity index is 2.03. The number of ketones is 1. The van der Waals surface area contributed by atoms with Crippen molar-refractivity contribution >= 4 is 17.4 Å². The molecule has 0 bridgehead atoms. The number of aliphatic hydroxyl groups excluding tert-OH is 1. The molecule has 3 rings (SSSR count). The third-order valence-corrected chi connectivity index (χ3v) is 4.68. The number of amides is 1. The lowest BCUT2D eigenvalue weighted by atomic mass is 9.95. The number of hydrogen-bond acceptors (Lipinski definition) is 7. The molecule has 1 N–H and O–H groups in total. The zero-order chi connectivity index (χ0) is 21.1. The summed E-state index contributed by atoms with van der Waals surface area (Å²) in [5.41, 5.74) is 0.236. The number of hydrogen-bond donors (Lipinski definition) is 1. The van der Waals surface area contributed by atoms with Gasteiger partial charge in [-0.1, -0.05) is 0 Å². The molecule has 152 valence electrons. The second-order valence-corrected chi connectivity index (χ2v) is 6.60. The van der Waals surface area contributed by atoms with E-state index in [4.69, 9.17) is 9.15 Å². The van der Waals surface area contributed by atoms with Crippen molar-refractivity contribution in [3.05, 3.63) is 74.9 Å². The smallest absolute Gasteiger partial charge is 0.290 e. The highest BCUT2D eigenvalue weighted by Gasteiger charge is 2.44. The van der Waals surface area contributed by atoms with Crippen molar-refractivity contribution in [2.75, 3.05) is 20.3 Å². The van der Waals surface area contributed by atoms with Gasteiger partial charge in [0.2, 0.25) is 5.78 Å². The standard InChI is InChI=1S/C20H20N2O7/c1-12-4-9-15(29-12)18(23)16-17(13-5-7-14(8-6-13)22(26)27)21(10-3-11-28-2)20(25)19(16)24/h4-9,17,24H,3,10-11H2,1-2H3/t17-/m1/s1. The van der Waals surface area contributed by atoms with Crippen LogP contribution in [0.15, 0.2) is 52.1 Å². The maximum absolute atomic E-state index is 13.0. The van der Waals surface area contributed by atoms with Crippen LogP contribution < -0.4 is 0 Å². The summed E-state index contributed by atoms with van der Waals surface area (Å²) < 4.78 is 10.4. The summed E-state index contributed by atoms with van der Waals surface area (Å²) in [6, 6.07) is 7.72. The lowest BCUT2D eigenvalue weighted by molar-refractivity contribution is -0.384. The molecule has 0 fully saturated rings. The van der Waals surface area contributed by atoms with Crippen molar-refractivity contribution in [3.8, 4) is 0 Å². The second kappa shape index (κ2) is 8.27.